The van der Waals surface area contributed by atoms with Crippen molar-refractivity contribution < 1.29 is 15.1 Å². The molecule has 26 nitrogen and oxygen atoms in total. The average Bonchev–Trinajstić information content (AvgIpc) is 4.10. The van der Waals surface area contributed by atoms with Gasteiger partial charge in [-0.25, -0.2) is 50.3 Å². The molecule has 0 spiro atoms. The van der Waals surface area contributed by atoms with Crippen molar-refractivity contribution in [2.45, 2.75) is 26.2 Å². The first kappa shape index (κ1) is 53.6. The SMILES string of the molecule is CN/C(=N\[N+](=O)[O-])NCc1cnc(Cl)s1.CN1CN(C)/C(=N\[N+](=O)[O-])N(Cc2cnc(Cl)s2)C1.N#CN=C1SCCN1Cc1ccc(Cl)nc1.O=[N+]([O-])/N=C1\NCCN1Cc1ccc(Cl)nc1. The van der Waals surface area contributed by atoms with Crippen LogP contribution in [-0.4, -0.2) is 142 Å². The number of rotatable bonds is 11. The first-order valence-corrected chi connectivity index (χ1v) is 23.1. The van der Waals surface area contributed by atoms with Crippen LogP contribution < -0.4 is 16.0 Å². The van der Waals surface area contributed by atoms with Crippen molar-refractivity contribution in [3.8, 4) is 6.19 Å². The van der Waals surface area contributed by atoms with E-state index in [0.29, 0.717) is 71.3 Å². The van der Waals surface area contributed by atoms with Crippen LogP contribution >= 0.6 is 80.8 Å². The van der Waals surface area contributed by atoms with Crippen molar-refractivity contribution in [2.24, 2.45) is 20.3 Å². The van der Waals surface area contributed by atoms with E-state index in [1.807, 2.05) is 35.2 Å². The smallest absolute Gasteiger partial charge is 0.276 e. The highest BCUT2D eigenvalue weighted by Gasteiger charge is 2.28. The van der Waals surface area contributed by atoms with Gasteiger partial charge < -0.3 is 35.6 Å². The summed E-state index contributed by atoms with van der Waals surface area (Å²) < 4.78 is 0.894. The van der Waals surface area contributed by atoms with E-state index in [0.717, 1.165) is 44.9 Å². The summed E-state index contributed by atoms with van der Waals surface area (Å²) in [6.45, 7) is 5.50. The molecule has 0 unspecified atom stereocenters. The first-order valence-electron chi connectivity index (χ1n) is 19.0. The summed E-state index contributed by atoms with van der Waals surface area (Å²) in [5.74, 6) is 1.68. The number of thioether (sulfide) groups is 1. The third-order valence-electron chi connectivity index (χ3n) is 8.38. The zero-order valence-corrected chi connectivity index (χ0v) is 41.0. The van der Waals surface area contributed by atoms with Gasteiger partial charge in [0.1, 0.15) is 25.6 Å². The summed E-state index contributed by atoms with van der Waals surface area (Å²) in [7, 11) is 5.24. The quantitative estimate of drug-likeness (QED) is 0.0468. The van der Waals surface area contributed by atoms with E-state index in [2.05, 4.69) is 61.1 Å². The van der Waals surface area contributed by atoms with Gasteiger partial charge in [-0.15, -0.1) is 27.7 Å². The van der Waals surface area contributed by atoms with Crippen LogP contribution in [-0.2, 0) is 26.2 Å². The lowest BCUT2D eigenvalue weighted by Crippen LogP contribution is -2.55. The molecule has 4 aromatic rings. The van der Waals surface area contributed by atoms with E-state index in [-0.39, 0.29) is 11.9 Å². The molecular formula is C34H40Cl4N20O6S3. The summed E-state index contributed by atoms with van der Waals surface area (Å²) >= 11 is 27.1. The van der Waals surface area contributed by atoms with Crippen LogP contribution in [0, 0.1) is 41.8 Å². The second kappa shape index (κ2) is 27.6. The van der Waals surface area contributed by atoms with E-state index < -0.39 is 15.1 Å². The molecule has 0 aromatic carbocycles. The molecule has 3 N–H and O–H groups in total. The molecule has 3 aliphatic heterocycles. The number of nitro groups is 3. The molecule has 3 saturated heterocycles. The van der Waals surface area contributed by atoms with E-state index >= 15 is 0 Å². The Labute approximate surface area is 414 Å². The van der Waals surface area contributed by atoms with Crippen molar-refractivity contribution >= 4 is 104 Å². The monoisotopic (exact) mass is 1060 g/mol. The number of nitriles is 1. The zero-order valence-electron chi connectivity index (χ0n) is 35.5. The number of halogens is 4. The van der Waals surface area contributed by atoms with Gasteiger partial charge in [0.15, 0.2) is 29.2 Å². The normalized spacial score (nSPS) is 16.6. The number of hydrazone groups is 3. The van der Waals surface area contributed by atoms with Crippen LogP contribution in [0.3, 0.4) is 0 Å². The van der Waals surface area contributed by atoms with Gasteiger partial charge >= 0.3 is 0 Å². The largest absolute Gasteiger partial charge is 0.354 e. The number of aromatic nitrogens is 4. The molecular weight excluding hydrogens is 1020 g/mol. The fraction of sp³-hybridized carbons (Fsp3) is 0.382. The zero-order chi connectivity index (χ0) is 48.9. The lowest BCUT2D eigenvalue weighted by atomic mass is 10.3. The summed E-state index contributed by atoms with van der Waals surface area (Å²) in [5.41, 5.74) is 1.99. The molecule has 358 valence electrons. The fourth-order valence-corrected chi connectivity index (χ4v) is 8.83. The topological polar surface area (TPSA) is 306 Å². The van der Waals surface area contributed by atoms with E-state index in [1.165, 1.54) is 29.7 Å². The predicted molar refractivity (Wildman–Crippen MR) is 257 cm³/mol. The maximum absolute atomic E-state index is 10.6. The lowest BCUT2D eigenvalue weighted by Gasteiger charge is -2.39. The minimum atomic E-state index is -0.779. The molecule has 4 aromatic heterocycles. The van der Waals surface area contributed by atoms with Crippen molar-refractivity contribution in [3.05, 3.63) is 120 Å². The number of pyridine rings is 2. The molecule has 0 amide bonds. The molecule has 7 heterocycles. The Morgan fingerprint density at radius 2 is 1.42 bits per heavy atom. The van der Waals surface area contributed by atoms with Crippen molar-refractivity contribution in [1.82, 2.24) is 60.4 Å². The van der Waals surface area contributed by atoms with Crippen molar-refractivity contribution in [1.29, 1.82) is 5.26 Å². The van der Waals surface area contributed by atoms with Gasteiger partial charge in [-0.3, -0.25) is 4.90 Å². The summed E-state index contributed by atoms with van der Waals surface area (Å²) in [6.07, 6.45) is 8.48. The van der Waals surface area contributed by atoms with E-state index in [1.54, 1.807) is 65.5 Å². The lowest BCUT2D eigenvalue weighted by molar-refractivity contribution is -0.486. The molecule has 7 rings (SSSR count). The molecule has 0 bridgehead atoms. The van der Waals surface area contributed by atoms with Crippen LogP contribution in [0.4, 0.5) is 0 Å². The maximum atomic E-state index is 10.6. The van der Waals surface area contributed by atoms with Gasteiger partial charge in [-0.2, -0.15) is 5.26 Å². The number of nitrogens with zero attached hydrogens (tertiary/aromatic N) is 17. The predicted octanol–water partition coefficient (Wildman–Crippen LogP) is 4.40. The Balaban J connectivity index is 0.000000196. The maximum Gasteiger partial charge on any atom is 0.276 e. The number of amidine groups is 1. The fourth-order valence-electron chi connectivity index (χ4n) is 5.75. The minimum Gasteiger partial charge on any atom is -0.354 e. The van der Waals surface area contributed by atoms with Crippen LogP contribution in [0.15, 0.2) is 69.3 Å². The second-order valence-electron chi connectivity index (χ2n) is 13.4. The number of aliphatic imine (C=N–C) groups is 1. The third kappa shape index (κ3) is 19.4. The molecule has 67 heavy (non-hydrogen) atoms. The Morgan fingerprint density at radius 3 is 1.94 bits per heavy atom. The Morgan fingerprint density at radius 1 is 0.806 bits per heavy atom. The summed E-state index contributed by atoms with van der Waals surface area (Å²) in [6, 6.07) is 7.21. The Bertz CT molecular complexity index is 2440. The third-order valence-corrected chi connectivity index (χ3v) is 12.0. The van der Waals surface area contributed by atoms with Crippen LogP contribution in [0.1, 0.15) is 20.9 Å². The molecule has 0 atom stereocenters. The van der Waals surface area contributed by atoms with Crippen molar-refractivity contribution in [3.63, 3.8) is 0 Å². The average molecular weight is 1060 g/mol. The van der Waals surface area contributed by atoms with Gasteiger partial charge in [-0.05, 0) is 30.3 Å². The molecule has 3 fully saturated rings. The number of nitrogens with one attached hydrogen (secondary N) is 3. The number of hydrogen-bond donors (Lipinski definition) is 3. The molecule has 0 saturated carbocycles. The number of thiazole rings is 2. The van der Waals surface area contributed by atoms with Gasteiger partial charge in [0.25, 0.3) is 17.9 Å². The Hall–Kier alpha value is -6.00. The summed E-state index contributed by atoms with van der Waals surface area (Å²) in [4.78, 5) is 61.8. The highest BCUT2D eigenvalue weighted by molar-refractivity contribution is 8.14. The van der Waals surface area contributed by atoms with Crippen LogP contribution in [0.25, 0.3) is 0 Å². The van der Waals surface area contributed by atoms with Gasteiger partial charge in [0.2, 0.25) is 6.19 Å². The van der Waals surface area contributed by atoms with Gasteiger partial charge in [-0.1, -0.05) is 70.3 Å². The van der Waals surface area contributed by atoms with E-state index in [9.17, 15) is 30.3 Å². The molecule has 3 aliphatic rings. The standard InChI is InChI=1S/C10H9ClN4S.C9H13ClN6O2S.C9H10ClN5O2.C6H8ClN5O2S/c11-9-2-1-8(5-13-9)6-15-3-4-16-10(15)14-7-12;1-13-5-14(2)9(12-16(17)18)15(6-13)4-7-3-11-8(10)19-7;10-8-2-1-7(5-12-8)6-14-4-3-11-9(14)13-15(16)17;1-8-6(11-12(13)14)10-3-4-2-9-5(7)15-4/h1-2,5H,3-4,6H2;3H,4-6H2,1-2H3;1-2,5H,3-4,6H2,(H,11,13);2H,3H2,1H3,(H2,8,10,11)/b;12-9+;;. The summed E-state index contributed by atoms with van der Waals surface area (Å²) in [5, 5.41) is 57.1. The highest BCUT2D eigenvalue weighted by Crippen LogP contribution is 2.22. The van der Waals surface area contributed by atoms with E-state index in [4.69, 9.17) is 51.7 Å². The number of guanidine groups is 3. The first-order chi connectivity index (χ1) is 32.0. The minimum absolute atomic E-state index is 0.0875. The van der Waals surface area contributed by atoms with Crippen LogP contribution in [0.5, 0.6) is 0 Å². The highest BCUT2D eigenvalue weighted by atomic mass is 35.5. The molecule has 33 heteroatoms. The van der Waals surface area contributed by atoms with Gasteiger partial charge in [0.05, 0.1) is 26.4 Å². The molecule has 0 aliphatic carbocycles. The second-order valence-corrected chi connectivity index (χ2v) is 18.6. The Kier molecular flexibility index (Phi) is 22.1. The van der Waals surface area contributed by atoms with Crippen LogP contribution in [0.2, 0.25) is 19.2 Å². The molecule has 0 radical (unpaired) electrons. The van der Waals surface area contributed by atoms with Crippen molar-refractivity contribution in [2.75, 3.05) is 59.9 Å². The number of hydrogen-bond acceptors (Lipinski definition) is 16. The van der Waals surface area contributed by atoms with Gasteiger partial charge in [0, 0.05) is 87.1 Å².